The van der Waals surface area contributed by atoms with Crippen LogP contribution in [0.4, 0.5) is 0 Å². The van der Waals surface area contributed by atoms with Gasteiger partial charge in [-0.1, -0.05) is 6.07 Å². The summed E-state index contributed by atoms with van der Waals surface area (Å²) in [5.74, 6) is 0.858. The summed E-state index contributed by atoms with van der Waals surface area (Å²) in [7, 11) is 1.68. The zero-order valence-electron chi connectivity index (χ0n) is 10.6. The second-order valence-corrected chi connectivity index (χ2v) is 5.31. The second-order valence-electron chi connectivity index (χ2n) is 4.40. The van der Waals surface area contributed by atoms with Gasteiger partial charge in [-0.15, -0.1) is 0 Å². The van der Waals surface area contributed by atoms with Crippen molar-refractivity contribution < 1.29 is 4.74 Å². The Morgan fingerprint density at radius 3 is 2.89 bits per heavy atom. The molecule has 3 rings (SSSR count). The highest BCUT2D eigenvalue weighted by Crippen LogP contribution is 2.25. The fourth-order valence-electron chi connectivity index (χ4n) is 2.28. The summed E-state index contributed by atoms with van der Waals surface area (Å²) < 4.78 is 6.27. The molecule has 0 radical (unpaired) electrons. The largest absolute Gasteiger partial charge is 0.497 e. The van der Waals surface area contributed by atoms with Gasteiger partial charge in [0.1, 0.15) is 5.75 Å². The molecule has 0 aliphatic carbocycles. The fraction of sp³-hybridized carbons (Fsp3) is 0.200. The summed E-state index contributed by atoms with van der Waals surface area (Å²) in [6, 6.07) is 8.21. The quantitative estimate of drug-likeness (QED) is 0.852. The van der Waals surface area contributed by atoms with Crippen LogP contribution in [-0.2, 0) is 6.42 Å². The molecular weight excluding hydrogens is 304 g/mol. The third-order valence-electron chi connectivity index (χ3n) is 3.20. The molecule has 1 aliphatic rings. The van der Waals surface area contributed by atoms with E-state index in [0.29, 0.717) is 0 Å². The molecule has 0 amide bonds. The first-order valence-electron chi connectivity index (χ1n) is 6.10. The Labute approximate surface area is 120 Å². The highest BCUT2D eigenvalue weighted by molar-refractivity contribution is 9.10. The smallest absolute Gasteiger partial charge is 0.119 e. The van der Waals surface area contributed by atoms with Crippen molar-refractivity contribution in [2.75, 3.05) is 13.7 Å². The molecule has 0 fully saturated rings. The number of fused-ring (bicyclic) bond motifs is 1. The van der Waals surface area contributed by atoms with Gasteiger partial charge in [-0.05, 0) is 46.1 Å². The van der Waals surface area contributed by atoms with Crippen molar-refractivity contribution >= 4 is 21.6 Å². The summed E-state index contributed by atoms with van der Waals surface area (Å²) in [5.41, 5.74) is 4.48. The molecule has 96 valence electrons. The van der Waals surface area contributed by atoms with Gasteiger partial charge in [0.05, 0.1) is 12.8 Å². The number of halogens is 1. The minimum Gasteiger partial charge on any atom is -0.497 e. The molecule has 0 bridgehead atoms. The molecule has 4 heteroatoms. The summed E-state index contributed by atoms with van der Waals surface area (Å²) in [6.45, 7) is 0.821. The van der Waals surface area contributed by atoms with E-state index in [9.17, 15) is 0 Å². The number of benzene rings is 1. The number of hydrogen-bond acceptors (Lipinski definition) is 3. The summed E-state index contributed by atoms with van der Waals surface area (Å²) >= 11 is 3.45. The van der Waals surface area contributed by atoms with E-state index < -0.39 is 0 Å². The Bertz CT molecular complexity index is 652. The number of ether oxygens (including phenoxy) is 1. The minimum absolute atomic E-state index is 0.821. The Morgan fingerprint density at radius 2 is 2.11 bits per heavy atom. The topological polar surface area (TPSA) is 34.5 Å². The molecule has 0 saturated heterocycles. The molecule has 0 unspecified atom stereocenters. The second kappa shape index (κ2) is 5.13. The Morgan fingerprint density at radius 1 is 1.21 bits per heavy atom. The molecule has 0 atom stereocenters. The normalized spacial score (nSPS) is 13.7. The van der Waals surface area contributed by atoms with Gasteiger partial charge in [0.25, 0.3) is 0 Å². The lowest BCUT2D eigenvalue weighted by atomic mass is 9.94. The standard InChI is InChI=1S/C15H13BrN2O/c1-19-13-3-2-10-4-5-18-15(14(10)7-13)11-6-12(16)9-17-8-11/h2-3,6-9H,4-5H2,1H3. The number of aliphatic imine (C=N–C) groups is 1. The highest BCUT2D eigenvalue weighted by Gasteiger charge is 2.17. The van der Waals surface area contributed by atoms with Crippen molar-refractivity contribution in [2.24, 2.45) is 4.99 Å². The van der Waals surface area contributed by atoms with Crippen molar-refractivity contribution in [1.82, 2.24) is 4.98 Å². The van der Waals surface area contributed by atoms with Crippen LogP contribution < -0.4 is 4.74 Å². The minimum atomic E-state index is 0.821. The molecule has 1 aliphatic heterocycles. The van der Waals surface area contributed by atoms with E-state index in [-0.39, 0.29) is 0 Å². The molecule has 1 aromatic carbocycles. The molecular formula is C15H13BrN2O. The predicted molar refractivity (Wildman–Crippen MR) is 79.1 cm³/mol. The first-order valence-corrected chi connectivity index (χ1v) is 6.90. The summed E-state index contributed by atoms with van der Waals surface area (Å²) in [6.07, 6.45) is 4.60. The Hall–Kier alpha value is -1.68. The van der Waals surface area contributed by atoms with Crippen LogP contribution >= 0.6 is 15.9 Å². The van der Waals surface area contributed by atoms with Crippen molar-refractivity contribution in [3.05, 3.63) is 57.8 Å². The molecule has 3 nitrogen and oxygen atoms in total. The molecule has 0 saturated carbocycles. The third-order valence-corrected chi connectivity index (χ3v) is 3.64. The van der Waals surface area contributed by atoms with Crippen LogP contribution in [0.3, 0.4) is 0 Å². The van der Waals surface area contributed by atoms with Crippen LogP contribution in [-0.4, -0.2) is 24.4 Å². The van der Waals surface area contributed by atoms with Gasteiger partial charge < -0.3 is 4.74 Å². The van der Waals surface area contributed by atoms with E-state index in [2.05, 4.69) is 32.0 Å². The number of aromatic nitrogens is 1. The third kappa shape index (κ3) is 2.40. The van der Waals surface area contributed by atoms with Gasteiger partial charge in [0, 0.05) is 34.5 Å². The summed E-state index contributed by atoms with van der Waals surface area (Å²) in [4.78, 5) is 8.87. The van der Waals surface area contributed by atoms with Gasteiger partial charge in [-0.2, -0.15) is 0 Å². The zero-order valence-corrected chi connectivity index (χ0v) is 12.1. The number of methoxy groups -OCH3 is 1. The van der Waals surface area contributed by atoms with Gasteiger partial charge in [-0.25, -0.2) is 0 Å². The Balaban J connectivity index is 2.12. The fourth-order valence-corrected chi connectivity index (χ4v) is 2.65. The van der Waals surface area contributed by atoms with E-state index in [1.807, 2.05) is 24.4 Å². The number of hydrogen-bond donors (Lipinski definition) is 0. The zero-order chi connectivity index (χ0) is 13.2. The maximum atomic E-state index is 5.31. The number of pyridine rings is 1. The summed E-state index contributed by atoms with van der Waals surface area (Å²) in [5, 5.41) is 0. The lowest BCUT2D eigenvalue weighted by molar-refractivity contribution is 0.414. The maximum Gasteiger partial charge on any atom is 0.119 e. The van der Waals surface area contributed by atoms with E-state index in [0.717, 1.165) is 40.0 Å². The van der Waals surface area contributed by atoms with E-state index in [4.69, 9.17) is 4.74 Å². The van der Waals surface area contributed by atoms with Crippen LogP contribution in [0.15, 0.2) is 46.1 Å². The van der Waals surface area contributed by atoms with Gasteiger partial charge in [0.15, 0.2) is 0 Å². The number of nitrogens with zero attached hydrogens (tertiary/aromatic N) is 2. The molecule has 2 aromatic rings. The first kappa shape index (κ1) is 12.4. The van der Waals surface area contributed by atoms with Gasteiger partial charge in [0.2, 0.25) is 0 Å². The molecule has 0 spiro atoms. The van der Waals surface area contributed by atoms with Crippen LogP contribution in [0.25, 0.3) is 0 Å². The van der Waals surface area contributed by atoms with Crippen molar-refractivity contribution in [2.45, 2.75) is 6.42 Å². The van der Waals surface area contributed by atoms with Crippen molar-refractivity contribution in [3.63, 3.8) is 0 Å². The van der Waals surface area contributed by atoms with E-state index in [1.165, 1.54) is 5.56 Å². The van der Waals surface area contributed by atoms with Gasteiger partial charge >= 0.3 is 0 Å². The maximum absolute atomic E-state index is 5.31. The SMILES string of the molecule is COc1ccc2c(c1)C(c1cncc(Br)c1)=NCC2. The van der Waals surface area contributed by atoms with Crippen LogP contribution in [0.2, 0.25) is 0 Å². The average molecular weight is 317 g/mol. The molecule has 2 heterocycles. The van der Waals surface area contributed by atoms with Crippen LogP contribution in [0.1, 0.15) is 16.7 Å². The monoisotopic (exact) mass is 316 g/mol. The Kier molecular flexibility index (Phi) is 3.34. The van der Waals surface area contributed by atoms with Crippen molar-refractivity contribution in [3.8, 4) is 5.75 Å². The van der Waals surface area contributed by atoms with Gasteiger partial charge in [-0.3, -0.25) is 9.98 Å². The lowest BCUT2D eigenvalue weighted by Gasteiger charge is -2.18. The lowest BCUT2D eigenvalue weighted by Crippen LogP contribution is -2.14. The molecule has 19 heavy (non-hydrogen) atoms. The number of rotatable bonds is 2. The van der Waals surface area contributed by atoms with E-state index in [1.54, 1.807) is 13.3 Å². The highest BCUT2D eigenvalue weighted by atomic mass is 79.9. The first-order chi connectivity index (χ1) is 9.28. The molecule has 0 N–H and O–H groups in total. The van der Waals surface area contributed by atoms with E-state index >= 15 is 0 Å². The van der Waals surface area contributed by atoms with Crippen molar-refractivity contribution in [1.29, 1.82) is 0 Å². The van der Waals surface area contributed by atoms with Crippen LogP contribution in [0.5, 0.6) is 5.75 Å². The molecule has 1 aromatic heterocycles. The van der Waals surface area contributed by atoms with Crippen LogP contribution in [0, 0.1) is 0 Å². The average Bonchev–Trinajstić information content (AvgIpc) is 2.46. The predicted octanol–water partition coefficient (Wildman–Crippen LogP) is 3.25.